The Morgan fingerprint density at radius 1 is 1.07 bits per heavy atom. The molecule has 3 rings (SSSR count). The Balaban J connectivity index is 1.91. The molecule has 3 aliphatic carbocycles. The van der Waals surface area contributed by atoms with Crippen LogP contribution in [0.15, 0.2) is 0 Å². The van der Waals surface area contributed by atoms with Crippen LogP contribution in [0.3, 0.4) is 0 Å². The third-order valence-corrected chi connectivity index (χ3v) is 5.83. The van der Waals surface area contributed by atoms with Gasteiger partial charge in [0, 0.05) is 6.04 Å². The number of nitrogens with two attached hydrogens (primary N) is 1. The van der Waals surface area contributed by atoms with Crippen molar-refractivity contribution in [2.24, 2.45) is 34.8 Å². The summed E-state index contributed by atoms with van der Waals surface area (Å²) in [4.78, 5) is 0. The lowest BCUT2D eigenvalue weighted by Gasteiger charge is -2.39. The highest BCUT2D eigenvalue weighted by molar-refractivity contribution is 5.11. The molecule has 1 nitrogen and oxygen atoms in total. The molecule has 0 amide bonds. The molecule has 0 saturated heterocycles. The summed E-state index contributed by atoms with van der Waals surface area (Å²) in [6.07, 6.45) is 7.22. The van der Waals surface area contributed by atoms with Gasteiger partial charge in [-0.3, -0.25) is 0 Å². The predicted molar refractivity (Wildman–Crippen MR) is 58.8 cm³/mol. The van der Waals surface area contributed by atoms with Crippen molar-refractivity contribution >= 4 is 0 Å². The lowest BCUT2D eigenvalue weighted by Crippen LogP contribution is -2.44. The van der Waals surface area contributed by atoms with Crippen LogP contribution in [-0.2, 0) is 0 Å². The smallest absolute Gasteiger partial charge is 0.0127 e. The highest BCUT2D eigenvalue weighted by Gasteiger charge is 2.59. The summed E-state index contributed by atoms with van der Waals surface area (Å²) in [5, 5.41) is 0. The first-order chi connectivity index (χ1) is 6.63. The quantitative estimate of drug-likeness (QED) is 0.629. The zero-order chi connectivity index (χ0) is 9.92. The van der Waals surface area contributed by atoms with Crippen LogP contribution in [0.4, 0.5) is 0 Å². The van der Waals surface area contributed by atoms with E-state index >= 15 is 0 Å². The Morgan fingerprint density at radius 2 is 1.71 bits per heavy atom. The number of fused-ring (bicyclic) bond motifs is 3. The molecular weight excluding hydrogens is 170 g/mol. The molecule has 0 aromatic rings. The van der Waals surface area contributed by atoms with Crippen LogP contribution in [0.2, 0.25) is 0 Å². The Hall–Kier alpha value is -0.0400. The van der Waals surface area contributed by atoms with Crippen molar-refractivity contribution < 1.29 is 0 Å². The zero-order valence-corrected chi connectivity index (χ0v) is 9.50. The van der Waals surface area contributed by atoms with Crippen LogP contribution in [0.5, 0.6) is 0 Å². The van der Waals surface area contributed by atoms with Crippen LogP contribution in [0.25, 0.3) is 0 Å². The summed E-state index contributed by atoms with van der Waals surface area (Å²) in [7, 11) is 0. The maximum atomic E-state index is 6.48. The Morgan fingerprint density at radius 3 is 2.21 bits per heavy atom. The minimum atomic E-state index is 0.550. The van der Waals surface area contributed by atoms with Crippen molar-refractivity contribution in [1.82, 2.24) is 0 Å². The molecular formula is C13H23N. The summed E-state index contributed by atoms with van der Waals surface area (Å²) in [5.74, 6) is 3.72. The third kappa shape index (κ3) is 0.946. The fourth-order valence-corrected chi connectivity index (χ4v) is 4.90. The van der Waals surface area contributed by atoms with E-state index in [-0.39, 0.29) is 0 Å². The fourth-order valence-electron chi connectivity index (χ4n) is 4.90. The molecule has 2 bridgehead atoms. The van der Waals surface area contributed by atoms with Crippen molar-refractivity contribution in [2.45, 2.75) is 52.0 Å². The summed E-state index contributed by atoms with van der Waals surface area (Å²) < 4.78 is 0. The maximum absolute atomic E-state index is 6.48. The van der Waals surface area contributed by atoms with E-state index in [4.69, 9.17) is 5.73 Å². The minimum absolute atomic E-state index is 0.550. The van der Waals surface area contributed by atoms with Gasteiger partial charge >= 0.3 is 0 Å². The van der Waals surface area contributed by atoms with Gasteiger partial charge in [-0.1, -0.05) is 13.8 Å². The monoisotopic (exact) mass is 193 g/mol. The van der Waals surface area contributed by atoms with Gasteiger partial charge in [-0.25, -0.2) is 0 Å². The van der Waals surface area contributed by atoms with Gasteiger partial charge in [0.15, 0.2) is 0 Å². The molecule has 3 aliphatic rings. The molecule has 3 fully saturated rings. The lowest BCUT2D eigenvalue weighted by molar-refractivity contribution is 0.131. The summed E-state index contributed by atoms with van der Waals surface area (Å²) in [6.45, 7) is 4.86. The minimum Gasteiger partial charge on any atom is -0.327 e. The average molecular weight is 193 g/mol. The van der Waals surface area contributed by atoms with Gasteiger partial charge < -0.3 is 5.73 Å². The fraction of sp³-hybridized carbons (Fsp3) is 1.00. The first kappa shape index (κ1) is 9.21. The second-order valence-corrected chi connectivity index (χ2v) is 6.39. The molecule has 5 atom stereocenters. The van der Waals surface area contributed by atoms with Crippen molar-refractivity contribution in [3.05, 3.63) is 0 Å². The van der Waals surface area contributed by atoms with Gasteiger partial charge in [0.25, 0.3) is 0 Å². The van der Waals surface area contributed by atoms with E-state index in [1.807, 2.05) is 0 Å². The SMILES string of the molecule is C[C@H]1CC2(C[C@@H]1C)[C@@H]1CC[C@@H](C1)[C@@H]2N. The molecule has 1 spiro atoms. The Bertz CT molecular complexity index is 234. The van der Waals surface area contributed by atoms with E-state index in [2.05, 4.69) is 13.8 Å². The second-order valence-electron chi connectivity index (χ2n) is 6.39. The van der Waals surface area contributed by atoms with Crippen LogP contribution in [-0.4, -0.2) is 6.04 Å². The Kier molecular flexibility index (Phi) is 1.81. The number of hydrogen-bond acceptors (Lipinski definition) is 1. The highest BCUT2D eigenvalue weighted by Crippen LogP contribution is 2.64. The predicted octanol–water partition coefficient (Wildman–Crippen LogP) is 2.80. The van der Waals surface area contributed by atoms with Crippen molar-refractivity contribution in [2.75, 3.05) is 0 Å². The van der Waals surface area contributed by atoms with Crippen LogP contribution >= 0.6 is 0 Å². The number of rotatable bonds is 0. The largest absolute Gasteiger partial charge is 0.327 e. The number of hydrogen-bond donors (Lipinski definition) is 1. The average Bonchev–Trinajstić information content (AvgIpc) is 2.76. The molecule has 0 aromatic heterocycles. The standard InChI is InChI=1S/C13H23N/c1-8-6-13(7-9(8)2)11-4-3-10(5-11)12(13)14/h8-12H,3-7,14H2,1-2H3/t8-,9-,10-,11+,12-/m0/s1. The molecule has 0 aliphatic heterocycles. The van der Waals surface area contributed by atoms with Crippen molar-refractivity contribution in [1.29, 1.82) is 0 Å². The first-order valence-corrected chi connectivity index (χ1v) is 6.39. The van der Waals surface area contributed by atoms with E-state index in [0.717, 1.165) is 23.7 Å². The lowest BCUT2D eigenvalue weighted by atomic mass is 9.68. The van der Waals surface area contributed by atoms with E-state index in [9.17, 15) is 0 Å². The molecule has 2 N–H and O–H groups in total. The van der Waals surface area contributed by atoms with Gasteiger partial charge in [0.2, 0.25) is 0 Å². The highest BCUT2D eigenvalue weighted by atomic mass is 14.8. The van der Waals surface area contributed by atoms with Crippen molar-refractivity contribution in [3.63, 3.8) is 0 Å². The van der Waals surface area contributed by atoms with Gasteiger partial charge in [-0.05, 0) is 61.2 Å². The zero-order valence-electron chi connectivity index (χ0n) is 9.50. The topological polar surface area (TPSA) is 26.0 Å². The normalized spacial score (nSPS) is 54.6. The van der Waals surface area contributed by atoms with E-state index in [0.29, 0.717) is 11.5 Å². The molecule has 14 heavy (non-hydrogen) atoms. The maximum Gasteiger partial charge on any atom is 0.0127 e. The van der Waals surface area contributed by atoms with Gasteiger partial charge in [0.1, 0.15) is 0 Å². The second kappa shape index (κ2) is 2.75. The molecule has 0 unspecified atom stereocenters. The van der Waals surface area contributed by atoms with Crippen LogP contribution in [0, 0.1) is 29.1 Å². The molecule has 0 radical (unpaired) electrons. The van der Waals surface area contributed by atoms with Crippen LogP contribution in [0.1, 0.15) is 46.0 Å². The third-order valence-electron chi connectivity index (χ3n) is 5.83. The van der Waals surface area contributed by atoms with Crippen LogP contribution < -0.4 is 5.73 Å². The summed E-state index contributed by atoms with van der Waals surface area (Å²) in [6, 6.07) is 0.550. The van der Waals surface area contributed by atoms with E-state index in [1.54, 1.807) is 0 Å². The summed E-state index contributed by atoms with van der Waals surface area (Å²) >= 11 is 0. The first-order valence-electron chi connectivity index (χ1n) is 6.39. The van der Waals surface area contributed by atoms with Crippen molar-refractivity contribution in [3.8, 4) is 0 Å². The Labute approximate surface area is 87.4 Å². The van der Waals surface area contributed by atoms with E-state index in [1.165, 1.54) is 32.1 Å². The molecule has 0 aromatic carbocycles. The molecule has 3 saturated carbocycles. The molecule has 1 heteroatoms. The molecule has 80 valence electrons. The molecule has 0 heterocycles. The van der Waals surface area contributed by atoms with Gasteiger partial charge in [-0.2, -0.15) is 0 Å². The summed E-state index contributed by atoms with van der Waals surface area (Å²) in [5.41, 5.74) is 7.07. The van der Waals surface area contributed by atoms with Gasteiger partial charge in [0.05, 0.1) is 0 Å². The van der Waals surface area contributed by atoms with E-state index < -0.39 is 0 Å². The van der Waals surface area contributed by atoms with Gasteiger partial charge in [-0.15, -0.1) is 0 Å².